The number of hydrogen-bond acceptors (Lipinski definition) is 2. The van der Waals surface area contributed by atoms with Gasteiger partial charge in [0.25, 0.3) is 0 Å². The first-order chi connectivity index (χ1) is 9.28. The Morgan fingerprint density at radius 2 is 2.16 bits per heavy atom. The van der Waals surface area contributed by atoms with Gasteiger partial charge in [-0.3, -0.25) is 0 Å². The summed E-state index contributed by atoms with van der Waals surface area (Å²) < 4.78 is 6.87. The van der Waals surface area contributed by atoms with Crippen LogP contribution in [0.4, 0.5) is 0 Å². The quantitative estimate of drug-likeness (QED) is 0.823. The van der Waals surface area contributed by atoms with Gasteiger partial charge in [-0.25, -0.2) is 0 Å². The Bertz CT molecular complexity index is 360. The third kappa shape index (κ3) is 5.25. The molecule has 0 bridgehead atoms. The van der Waals surface area contributed by atoms with Gasteiger partial charge in [-0.05, 0) is 69.3 Å². The molecule has 1 aliphatic rings. The maximum atomic E-state index is 5.72. The standard InChI is InChI=1S/C16H24BrNO/c1-18-12-14(6-9-16-3-2-10-19-16)11-13-4-7-15(17)8-5-13/h4-5,7-8,14,16,18H,2-3,6,9-12H2,1H3. The van der Waals surface area contributed by atoms with Gasteiger partial charge in [-0.1, -0.05) is 28.1 Å². The number of ether oxygens (including phenoxy) is 1. The SMILES string of the molecule is CNCC(CCC1CCCO1)Cc1ccc(Br)cc1. The number of rotatable bonds is 7. The van der Waals surface area contributed by atoms with Crippen molar-refractivity contribution in [2.45, 2.75) is 38.2 Å². The topological polar surface area (TPSA) is 21.3 Å². The minimum Gasteiger partial charge on any atom is -0.378 e. The van der Waals surface area contributed by atoms with Crippen molar-refractivity contribution in [1.82, 2.24) is 5.32 Å². The molecule has 2 unspecified atom stereocenters. The van der Waals surface area contributed by atoms with Crippen LogP contribution in [0.15, 0.2) is 28.7 Å². The van der Waals surface area contributed by atoms with Crippen LogP contribution in [-0.4, -0.2) is 26.3 Å². The Morgan fingerprint density at radius 3 is 2.79 bits per heavy atom. The number of halogens is 1. The van der Waals surface area contributed by atoms with Gasteiger partial charge in [0.05, 0.1) is 6.10 Å². The van der Waals surface area contributed by atoms with E-state index in [9.17, 15) is 0 Å². The second-order valence-corrected chi connectivity index (χ2v) is 6.38. The fraction of sp³-hybridized carbons (Fsp3) is 0.625. The summed E-state index contributed by atoms with van der Waals surface area (Å²) in [4.78, 5) is 0. The van der Waals surface area contributed by atoms with Gasteiger partial charge >= 0.3 is 0 Å². The fourth-order valence-electron chi connectivity index (χ4n) is 2.81. The third-order valence-corrected chi connectivity index (χ3v) is 4.38. The summed E-state index contributed by atoms with van der Waals surface area (Å²) in [7, 11) is 2.04. The van der Waals surface area contributed by atoms with E-state index in [-0.39, 0.29) is 0 Å². The van der Waals surface area contributed by atoms with Gasteiger partial charge in [0.15, 0.2) is 0 Å². The lowest BCUT2D eigenvalue weighted by atomic mass is 9.93. The summed E-state index contributed by atoms with van der Waals surface area (Å²) in [6, 6.07) is 8.70. The van der Waals surface area contributed by atoms with E-state index < -0.39 is 0 Å². The molecular weight excluding hydrogens is 302 g/mol. The average molecular weight is 326 g/mol. The Morgan fingerprint density at radius 1 is 1.37 bits per heavy atom. The van der Waals surface area contributed by atoms with Crippen LogP contribution in [0, 0.1) is 5.92 Å². The molecule has 1 aromatic rings. The Balaban J connectivity index is 1.82. The molecule has 1 aliphatic heterocycles. The van der Waals surface area contributed by atoms with Gasteiger partial charge in [0.2, 0.25) is 0 Å². The molecule has 2 rings (SSSR count). The zero-order valence-electron chi connectivity index (χ0n) is 11.7. The summed E-state index contributed by atoms with van der Waals surface area (Å²) in [6.45, 7) is 2.05. The Labute approximate surface area is 125 Å². The van der Waals surface area contributed by atoms with Crippen molar-refractivity contribution in [3.63, 3.8) is 0 Å². The van der Waals surface area contributed by atoms with Crippen molar-refractivity contribution in [3.05, 3.63) is 34.3 Å². The third-order valence-electron chi connectivity index (χ3n) is 3.85. The molecular formula is C16H24BrNO. The second-order valence-electron chi connectivity index (χ2n) is 5.47. The van der Waals surface area contributed by atoms with Gasteiger partial charge in [0, 0.05) is 11.1 Å². The van der Waals surface area contributed by atoms with Gasteiger partial charge in [0.1, 0.15) is 0 Å². The number of hydrogen-bond donors (Lipinski definition) is 1. The first-order valence-electron chi connectivity index (χ1n) is 7.28. The molecule has 1 N–H and O–H groups in total. The molecule has 0 amide bonds. The summed E-state index contributed by atoms with van der Waals surface area (Å²) in [5, 5.41) is 3.32. The van der Waals surface area contributed by atoms with Crippen molar-refractivity contribution in [3.8, 4) is 0 Å². The smallest absolute Gasteiger partial charge is 0.0576 e. The van der Waals surface area contributed by atoms with Gasteiger partial charge < -0.3 is 10.1 Å². The van der Waals surface area contributed by atoms with Crippen LogP contribution in [-0.2, 0) is 11.2 Å². The Kier molecular flexibility index (Phi) is 6.35. The zero-order chi connectivity index (χ0) is 13.5. The largest absolute Gasteiger partial charge is 0.378 e. The fourth-order valence-corrected chi connectivity index (χ4v) is 3.08. The lowest BCUT2D eigenvalue weighted by molar-refractivity contribution is 0.0980. The minimum absolute atomic E-state index is 0.518. The highest BCUT2D eigenvalue weighted by Crippen LogP contribution is 2.22. The van der Waals surface area contributed by atoms with E-state index in [1.54, 1.807) is 0 Å². The molecule has 0 radical (unpaired) electrons. The van der Waals surface area contributed by atoms with Crippen LogP contribution < -0.4 is 5.32 Å². The average Bonchev–Trinajstić information content (AvgIpc) is 2.92. The lowest BCUT2D eigenvalue weighted by Gasteiger charge is -2.18. The molecule has 0 spiro atoms. The van der Waals surface area contributed by atoms with Crippen molar-refractivity contribution < 1.29 is 4.74 Å². The van der Waals surface area contributed by atoms with Crippen molar-refractivity contribution in [2.75, 3.05) is 20.2 Å². The molecule has 1 heterocycles. The van der Waals surface area contributed by atoms with Crippen LogP contribution in [0.5, 0.6) is 0 Å². The lowest BCUT2D eigenvalue weighted by Crippen LogP contribution is -2.22. The zero-order valence-corrected chi connectivity index (χ0v) is 13.3. The van der Waals surface area contributed by atoms with E-state index in [1.807, 2.05) is 7.05 Å². The van der Waals surface area contributed by atoms with Crippen molar-refractivity contribution >= 4 is 15.9 Å². The van der Waals surface area contributed by atoms with Gasteiger partial charge in [-0.2, -0.15) is 0 Å². The molecule has 106 valence electrons. The van der Waals surface area contributed by atoms with E-state index in [2.05, 4.69) is 45.5 Å². The molecule has 1 saturated heterocycles. The van der Waals surface area contributed by atoms with Crippen LogP contribution in [0.3, 0.4) is 0 Å². The summed E-state index contributed by atoms with van der Waals surface area (Å²) in [5.74, 6) is 0.704. The molecule has 3 heteroatoms. The van der Waals surface area contributed by atoms with E-state index in [1.165, 1.54) is 31.2 Å². The summed E-state index contributed by atoms with van der Waals surface area (Å²) in [6.07, 6.45) is 6.63. The molecule has 0 saturated carbocycles. The number of benzene rings is 1. The van der Waals surface area contributed by atoms with E-state index in [0.717, 1.165) is 24.0 Å². The van der Waals surface area contributed by atoms with Crippen molar-refractivity contribution in [2.24, 2.45) is 5.92 Å². The van der Waals surface area contributed by atoms with Crippen LogP contribution >= 0.6 is 15.9 Å². The molecule has 2 nitrogen and oxygen atoms in total. The summed E-state index contributed by atoms with van der Waals surface area (Å²) >= 11 is 3.49. The van der Waals surface area contributed by atoms with E-state index >= 15 is 0 Å². The van der Waals surface area contributed by atoms with E-state index in [4.69, 9.17) is 4.74 Å². The van der Waals surface area contributed by atoms with Crippen LogP contribution in [0.2, 0.25) is 0 Å². The van der Waals surface area contributed by atoms with Crippen molar-refractivity contribution in [1.29, 1.82) is 0 Å². The first-order valence-corrected chi connectivity index (χ1v) is 8.08. The molecule has 1 aromatic carbocycles. The molecule has 0 aromatic heterocycles. The normalized spacial score (nSPS) is 20.6. The van der Waals surface area contributed by atoms with Crippen LogP contribution in [0.25, 0.3) is 0 Å². The predicted molar refractivity (Wildman–Crippen MR) is 83.5 cm³/mol. The first kappa shape index (κ1) is 15.0. The van der Waals surface area contributed by atoms with Crippen LogP contribution in [0.1, 0.15) is 31.2 Å². The predicted octanol–water partition coefficient (Wildman–Crippen LogP) is 3.79. The van der Waals surface area contributed by atoms with Gasteiger partial charge in [-0.15, -0.1) is 0 Å². The van der Waals surface area contributed by atoms with E-state index in [0.29, 0.717) is 12.0 Å². The number of nitrogens with one attached hydrogen (secondary N) is 1. The highest BCUT2D eigenvalue weighted by atomic mass is 79.9. The molecule has 0 aliphatic carbocycles. The summed E-state index contributed by atoms with van der Waals surface area (Å²) in [5.41, 5.74) is 1.43. The Hall–Kier alpha value is -0.380. The highest BCUT2D eigenvalue weighted by Gasteiger charge is 2.18. The second kappa shape index (κ2) is 8.03. The molecule has 19 heavy (non-hydrogen) atoms. The maximum absolute atomic E-state index is 5.72. The maximum Gasteiger partial charge on any atom is 0.0576 e. The molecule has 2 atom stereocenters. The molecule has 1 fully saturated rings. The minimum atomic E-state index is 0.518. The highest BCUT2D eigenvalue weighted by molar-refractivity contribution is 9.10. The monoisotopic (exact) mass is 325 g/mol.